The summed E-state index contributed by atoms with van der Waals surface area (Å²) in [7, 11) is 0. The Morgan fingerprint density at radius 3 is 2.68 bits per heavy atom. The predicted octanol–water partition coefficient (Wildman–Crippen LogP) is 3.22. The fraction of sp³-hybridized carbons (Fsp3) is 0.444. The molecule has 0 fully saturated rings. The van der Waals surface area contributed by atoms with Gasteiger partial charge in [0, 0.05) is 29.1 Å². The molecule has 0 spiro atoms. The highest BCUT2D eigenvalue weighted by Gasteiger charge is 2.15. The molecule has 0 unspecified atom stereocenters. The zero-order valence-corrected chi connectivity index (χ0v) is 13.6. The highest BCUT2D eigenvalue weighted by atomic mass is 16.5. The van der Waals surface area contributed by atoms with E-state index in [1.807, 2.05) is 24.4 Å². The summed E-state index contributed by atoms with van der Waals surface area (Å²) in [5, 5.41) is 2.14. The first-order valence-electron chi connectivity index (χ1n) is 7.65. The predicted molar refractivity (Wildman–Crippen MR) is 89.2 cm³/mol. The second kappa shape index (κ2) is 6.88. The van der Waals surface area contributed by atoms with Crippen LogP contribution in [-0.2, 0) is 10.2 Å². The molecule has 2 N–H and O–H groups in total. The lowest BCUT2D eigenvalue weighted by atomic mass is 9.91. The van der Waals surface area contributed by atoms with Crippen molar-refractivity contribution in [3.8, 4) is 5.75 Å². The van der Waals surface area contributed by atoms with E-state index in [2.05, 4.69) is 31.8 Å². The molecule has 0 aliphatic rings. The van der Waals surface area contributed by atoms with E-state index >= 15 is 0 Å². The van der Waals surface area contributed by atoms with Crippen molar-refractivity contribution < 1.29 is 9.53 Å². The molecule has 0 aliphatic carbocycles. The van der Waals surface area contributed by atoms with Crippen LogP contribution in [0.5, 0.6) is 5.75 Å². The molecule has 0 saturated heterocycles. The maximum atomic E-state index is 11.6. The Morgan fingerprint density at radius 2 is 2.00 bits per heavy atom. The Hall–Kier alpha value is -1.94. The van der Waals surface area contributed by atoms with Crippen LogP contribution in [0, 0.1) is 0 Å². The molecule has 0 saturated carbocycles. The summed E-state index contributed by atoms with van der Waals surface area (Å²) in [5.41, 5.74) is 6.44. The number of hydrogen-bond acceptors (Lipinski definition) is 4. The molecule has 0 amide bonds. The molecule has 1 aromatic carbocycles. The first-order chi connectivity index (χ1) is 10.4. The summed E-state index contributed by atoms with van der Waals surface area (Å²) < 4.78 is 5.59. The van der Waals surface area contributed by atoms with Gasteiger partial charge in [-0.25, -0.2) is 0 Å². The third-order valence-electron chi connectivity index (χ3n) is 3.52. The minimum Gasteiger partial charge on any atom is -0.486 e. The van der Waals surface area contributed by atoms with Gasteiger partial charge in [-0.05, 0) is 42.6 Å². The number of nitrogens with two attached hydrogens (primary N) is 1. The van der Waals surface area contributed by atoms with Crippen LogP contribution in [0.25, 0.3) is 10.8 Å². The Labute approximate surface area is 131 Å². The number of rotatable bonds is 6. The lowest BCUT2D eigenvalue weighted by Crippen LogP contribution is -2.13. The molecule has 4 nitrogen and oxygen atoms in total. The van der Waals surface area contributed by atoms with Crippen molar-refractivity contribution in [2.75, 3.05) is 13.2 Å². The van der Waals surface area contributed by atoms with Crippen molar-refractivity contribution in [1.29, 1.82) is 0 Å². The standard InChI is InChI=1S/C18H24N2O2/c1-18(2,3)17-10-14-9-16(7-6-13(14)11-20-17)22-12-15(21)5-4-8-19/h6-7,9-11H,4-5,8,12,19H2,1-3H3. The Kier molecular flexibility index (Phi) is 5.14. The van der Waals surface area contributed by atoms with Gasteiger partial charge in [0.05, 0.1) is 0 Å². The van der Waals surface area contributed by atoms with Crippen LogP contribution in [0.1, 0.15) is 39.3 Å². The lowest BCUT2D eigenvalue weighted by molar-refractivity contribution is -0.121. The number of nitrogens with zero attached hydrogens (tertiary/aromatic N) is 1. The summed E-state index contributed by atoms with van der Waals surface area (Å²) in [6.45, 7) is 7.04. The fourth-order valence-corrected chi connectivity index (χ4v) is 2.15. The average Bonchev–Trinajstić information content (AvgIpc) is 2.49. The van der Waals surface area contributed by atoms with Gasteiger partial charge in [-0.15, -0.1) is 0 Å². The highest BCUT2D eigenvalue weighted by Crippen LogP contribution is 2.26. The third-order valence-corrected chi connectivity index (χ3v) is 3.52. The number of ether oxygens (including phenoxy) is 1. The number of pyridine rings is 1. The summed E-state index contributed by atoms with van der Waals surface area (Å²) >= 11 is 0. The molecule has 4 heteroatoms. The monoisotopic (exact) mass is 300 g/mol. The van der Waals surface area contributed by atoms with E-state index in [1.165, 1.54) is 0 Å². The van der Waals surface area contributed by atoms with Gasteiger partial charge in [0.1, 0.15) is 12.4 Å². The summed E-state index contributed by atoms with van der Waals surface area (Å²) in [6, 6.07) is 7.88. The number of Topliss-reactive ketones (excluding diaryl/α,β-unsaturated/α-hetero) is 1. The van der Waals surface area contributed by atoms with Crippen molar-refractivity contribution in [2.24, 2.45) is 5.73 Å². The maximum Gasteiger partial charge on any atom is 0.170 e. The Balaban J connectivity index is 2.13. The number of fused-ring (bicyclic) bond motifs is 1. The summed E-state index contributed by atoms with van der Waals surface area (Å²) in [5.74, 6) is 0.787. The van der Waals surface area contributed by atoms with Crippen LogP contribution in [0.2, 0.25) is 0 Å². The van der Waals surface area contributed by atoms with E-state index < -0.39 is 0 Å². The van der Waals surface area contributed by atoms with Crippen molar-refractivity contribution in [2.45, 2.75) is 39.0 Å². The average molecular weight is 300 g/mol. The number of carbonyl (C=O) groups is 1. The first kappa shape index (κ1) is 16.4. The molecular weight excluding hydrogens is 276 g/mol. The van der Waals surface area contributed by atoms with E-state index in [0.29, 0.717) is 25.1 Å². The zero-order chi connectivity index (χ0) is 16.2. The van der Waals surface area contributed by atoms with Gasteiger partial charge in [0.15, 0.2) is 5.78 Å². The van der Waals surface area contributed by atoms with Crippen LogP contribution in [0.3, 0.4) is 0 Å². The van der Waals surface area contributed by atoms with Gasteiger partial charge < -0.3 is 10.5 Å². The van der Waals surface area contributed by atoms with Gasteiger partial charge in [-0.2, -0.15) is 0 Å². The second-order valence-corrected chi connectivity index (χ2v) is 6.55. The molecule has 2 rings (SSSR count). The normalized spacial score (nSPS) is 11.6. The van der Waals surface area contributed by atoms with Gasteiger partial charge in [-0.1, -0.05) is 20.8 Å². The Morgan fingerprint density at radius 1 is 1.23 bits per heavy atom. The van der Waals surface area contributed by atoms with Crippen LogP contribution >= 0.6 is 0 Å². The van der Waals surface area contributed by atoms with Gasteiger partial charge >= 0.3 is 0 Å². The van der Waals surface area contributed by atoms with Crippen molar-refractivity contribution >= 4 is 16.6 Å². The molecule has 0 bridgehead atoms. The van der Waals surface area contributed by atoms with E-state index in [0.717, 1.165) is 16.5 Å². The molecule has 0 atom stereocenters. The van der Waals surface area contributed by atoms with E-state index in [4.69, 9.17) is 10.5 Å². The van der Waals surface area contributed by atoms with Crippen LogP contribution < -0.4 is 10.5 Å². The number of hydrogen-bond donors (Lipinski definition) is 1. The molecule has 1 heterocycles. The SMILES string of the molecule is CC(C)(C)c1cc2cc(OCC(=O)CCCN)ccc2cn1. The van der Waals surface area contributed by atoms with Crippen molar-refractivity contribution in [1.82, 2.24) is 4.98 Å². The highest BCUT2D eigenvalue weighted by molar-refractivity contribution is 5.84. The van der Waals surface area contributed by atoms with E-state index in [9.17, 15) is 4.79 Å². The number of carbonyl (C=O) groups excluding carboxylic acids is 1. The molecule has 1 aromatic heterocycles. The van der Waals surface area contributed by atoms with Crippen molar-refractivity contribution in [3.05, 3.63) is 36.2 Å². The van der Waals surface area contributed by atoms with Gasteiger partial charge in [0.25, 0.3) is 0 Å². The van der Waals surface area contributed by atoms with Crippen molar-refractivity contribution in [3.63, 3.8) is 0 Å². The Bertz CT molecular complexity index is 660. The molecule has 0 radical (unpaired) electrons. The molecular formula is C18H24N2O2. The second-order valence-electron chi connectivity index (χ2n) is 6.55. The summed E-state index contributed by atoms with van der Waals surface area (Å²) in [4.78, 5) is 16.1. The van der Waals surface area contributed by atoms with Gasteiger partial charge in [0.2, 0.25) is 0 Å². The first-order valence-corrected chi connectivity index (χ1v) is 7.65. The quantitative estimate of drug-likeness (QED) is 0.889. The maximum absolute atomic E-state index is 11.6. The topological polar surface area (TPSA) is 65.2 Å². The minimum absolute atomic E-state index is 0.00322. The minimum atomic E-state index is 0.00322. The zero-order valence-electron chi connectivity index (χ0n) is 13.6. The number of ketones is 1. The molecule has 0 aliphatic heterocycles. The van der Waals surface area contributed by atoms with E-state index in [-0.39, 0.29) is 17.8 Å². The number of aromatic nitrogens is 1. The van der Waals surface area contributed by atoms with Crippen LogP contribution in [0.15, 0.2) is 30.5 Å². The fourth-order valence-electron chi connectivity index (χ4n) is 2.15. The largest absolute Gasteiger partial charge is 0.486 e. The molecule has 118 valence electrons. The van der Waals surface area contributed by atoms with E-state index in [1.54, 1.807) is 0 Å². The molecule has 2 aromatic rings. The van der Waals surface area contributed by atoms with Gasteiger partial charge in [-0.3, -0.25) is 9.78 Å². The van der Waals surface area contributed by atoms with Crippen LogP contribution in [-0.4, -0.2) is 23.9 Å². The number of benzene rings is 1. The smallest absolute Gasteiger partial charge is 0.170 e. The lowest BCUT2D eigenvalue weighted by Gasteiger charge is -2.18. The third kappa shape index (κ3) is 4.28. The summed E-state index contributed by atoms with van der Waals surface area (Å²) in [6.07, 6.45) is 3.06. The van der Waals surface area contributed by atoms with Crippen LogP contribution in [0.4, 0.5) is 0 Å². The molecule has 22 heavy (non-hydrogen) atoms.